The number of pyridine rings is 1. The van der Waals surface area contributed by atoms with Crippen LogP contribution in [-0.4, -0.2) is 4.40 Å². The average Bonchev–Trinajstić information content (AvgIpc) is 3.45. The summed E-state index contributed by atoms with van der Waals surface area (Å²) in [5.74, 6) is 0. The molecule has 0 amide bonds. The highest BCUT2D eigenvalue weighted by molar-refractivity contribution is 6.22. The third-order valence-electron chi connectivity index (χ3n) is 8.99. The summed E-state index contributed by atoms with van der Waals surface area (Å²) < 4.78 is 1.92. The Bertz CT molecular complexity index is 2570. The topological polar surface area (TPSA) is 21.5 Å². The Labute approximate surface area is 267 Å². The Morgan fingerprint density at radius 3 is 1.93 bits per heavy atom. The lowest BCUT2D eigenvalue weighted by Crippen LogP contribution is -2.12. The molecule has 46 heavy (non-hydrogen) atoms. The van der Waals surface area contributed by atoms with E-state index in [4.69, 9.17) is 0 Å². The summed E-state index contributed by atoms with van der Waals surface area (Å²) in [6.07, 6.45) is 8.02. The molecule has 2 heteroatoms. The number of hydrogen-bond acceptors (Lipinski definition) is 1. The number of benzene rings is 6. The van der Waals surface area contributed by atoms with Crippen LogP contribution in [0.15, 0.2) is 169 Å². The van der Waals surface area contributed by atoms with Crippen molar-refractivity contribution in [3.8, 4) is 33.4 Å². The van der Waals surface area contributed by atoms with Gasteiger partial charge in [0.05, 0.1) is 11.0 Å². The fraction of sp³-hybridized carbons (Fsp3) is 0.0227. The Morgan fingerprint density at radius 2 is 1.17 bits per heavy atom. The van der Waals surface area contributed by atoms with Crippen LogP contribution in [0.5, 0.6) is 0 Å². The van der Waals surface area contributed by atoms with Gasteiger partial charge in [-0.2, -0.15) is 0 Å². The van der Waals surface area contributed by atoms with E-state index in [1.807, 2.05) is 53.8 Å². The molecule has 2 nitrogen and oxygen atoms in total. The van der Waals surface area contributed by atoms with Gasteiger partial charge in [-0.25, -0.2) is 0 Å². The standard InChI is InChI=1S/C44H31NO/c1-3-12-29(13-4-2)31-16-11-19-34(25-31)36-27-40-37-20-8-9-21-38(37)44(46)45-42-23-22-35(26-39(42)41(28-36)43(40)45)33-18-10-17-32(24-33)30-14-6-5-7-15-30/h3-28H,1H2,2H3/b13-4-,29-12+. The fourth-order valence-corrected chi connectivity index (χ4v) is 6.88. The van der Waals surface area contributed by atoms with Crippen molar-refractivity contribution in [3.63, 3.8) is 0 Å². The van der Waals surface area contributed by atoms with Gasteiger partial charge in [-0.3, -0.25) is 9.20 Å². The van der Waals surface area contributed by atoms with Gasteiger partial charge in [-0.15, -0.1) is 0 Å². The van der Waals surface area contributed by atoms with Crippen molar-refractivity contribution in [2.75, 3.05) is 0 Å². The summed E-state index contributed by atoms with van der Waals surface area (Å²) in [5.41, 5.74) is 11.0. The maximum absolute atomic E-state index is 14.1. The SMILES string of the molecule is C=C/C=C(\C=C/C)c1cccc(-c2cc3c4ccccc4c(=O)n4c5ccc(-c6cccc(-c7ccccc7)c6)cc5c(c2)c34)c1. The lowest BCUT2D eigenvalue weighted by molar-refractivity contribution is 1.21. The van der Waals surface area contributed by atoms with E-state index in [9.17, 15) is 4.79 Å². The molecule has 0 fully saturated rings. The van der Waals surface area contributed by atoms with Gasteiger partial charge in [0.2, 0.25) is 0 Å². The molecule has 0 aliphatic carbocycles. The molecule has 0 aliphatic rings. The number of rotatable bonds is 6. The van der Waals surface area contributed by atoms with Crippen molar-refractivity contribution in [2.24, 2.45) is 0 Å². The molecule has 0 spiro atoms. The van der Waals surface area contributed by atoms with E-state index >= 15 is 0 Å². The van der Waals surface area contributed by atoms with Crippen LogP contribution in [0.3, 0.4) is 0 Å². The first-order valence-electron chi connectivity index (χ1n) is 15.6. The first kappa shape index (κ1) is 27.6. The van der Waals surface area contributed by atoms with Crippen LogP contribution in [0.1, 0.15) is 12.5 Å². The predicted molar refractivity (Wildman–Crippen MR) is 197 cm³/mol. The first-order valence-corrected chi connectivity index (χ1v) is 15.6. The number of nitrogens with zero attached hydrogens (tertiary/aromatic N) is 1. The lowest BCUT2D eigenvalue weighted by Gasteiger charge is -2.11. The quantitative estimate of drug-likeness (QED) is 0.140. The minimum absolute atomic E-state index is 0.0160. The molecule has 8 aromatic rings. The molecule has 0 saturated carbocycles. The summed E-state index contributed by atoms with van der Waals surface area (Å²) in [6, 6.07) is 46.8. The van der Waals surface area contributed by atoms with E-state index in [1.54, 1.807) is 0 Å². The van der Waals surface area contributed by atoms with E-state index in [1.165, 1.54) is 11.1 Å². The minimum Gasteiger partial charge on any atom is -0.275 e. The van der Waals surface area contributed by atoms with Crippen molar-refractivity contribution in [2.45, 2.75) is 6.92 Å². The zero-order chi connectivity index (χ0) is 31.2. The normalized spacial score (nSPS) is 12.2. The van der Waals surface area contributed by atoms with Gasteiger partial charge >= 0.3 is 0 Å². The molecule has 2 aromatic heterocycles. The number of aromatic nitrogens is 1. The molecule has 0 bridgehead atoms. The van der Waals surface area contributed by atoms with Gasteiger partial charge in [0.1, 0.15) is 0 Å². The molecular formula is C44H31NO. The third-order valence-corrected chi connectivity index (χ3v) is 8.99. The second-order valence-electron chi connectivity index (χ2n) is 11.7. The largest absolute Gasteiger partial charge is 0.275 e. The van der Waals surface area contributed by atoms with Gasteiger partial charge < -0.3 is 0 Å². The number of allylic oxidation sites excluding steroid dienone is 5. The second-order valence-corrected chi connectivity index (χ2v) is 11.7. The van der Waals surface area contributed by atoms with E-state index in [0.29, 0.717) is 0 Å². The zero-order valence-corrected chi connectivity index (χ0v) is 25.6. The molecule has 0 unspecified atom stereocenters. The van der Waals surface area contributed by atoms with Gasteiger partial charge in [0.25, 0.3) is 5.56 Å². The van der Waals surface area contributed by atoms with Gasteiger partial charge in [0, 0.05) is 21.5 Å². The van der Waals surface area contributed by atoms with E-state index in [2.05, 4.69) is 122 Å². The zero-order valence-electron chi connectivity index (χ0n) is 25.6. The predicted octanol–water partition coefficient (Wildman–Crippen LogP) is 11.3. The van der Waals surface area contributed by atoms with Gasteiger partial charge in [0.15, 0.2) is 0 Å². The van der Waals surface area contributed by atoms with Crippen molar-refractivity contribution in [3.05, 3.63) is 180 Å². The van der Waals surface area contributed by atoms with Crippen LogP contribution in [0.25, 0.3) is 76.9 Å². The molecule has 218 valence electrons. The Morgan fingerprint density at radius 1 is 0.565 bits per heavy atom. The monoisotopic (exact) mass is 589 g/mol. The summed E-state index contributed by atoms with van der Waals surface area (Å²) in [7, 11) is 0. The van der Waals surface area contributed by atoms with Crippen LogP contribution >= 0.6 is 0 Å². The molecule has 0 N–H and O–H groups in total. The van der Waals surface area contributed by atoms with E-state index in [0.717, 1.165) is 71.4 Å². The van der Waals surface area contributed by atoms with Crippen LogP contribution in [0, 0.1) is 0 Å². The smallest absolute Gasteiger partial charge is 0.263 e. The van der Waals surface area contributed by atoms with Crippen molar-refractivity contribution >= 4 is 43.5 Å². The molecule has 0 radical (unpaired) electrons. The average molecular weight is 590 g/mol. The van der Waals surface area contributed by atoms with Gasteiger partial charge in [-0.1, -0.05) is 122 Å². The minimum atomic E-state index is 0.0160. The maximum Gasteiger partial charge on any atom is 0.263 e. The highest BCUT2D eigenvalue weighted by Crippen LogP contribution is 2.40. The summed E-state index contributed by atoms with van der Waals surface area (Å²) >= 11 is 0. The highest BCUT2D eigenvalue weighted by atomic mass is 16.1. The third kappa shape index (κ3) is 4.46. The molecule has 2 heterocycles. The summed E-state index contributed by atoms with van der Waals surface area (Å²) in [5, 5.41) is 4.92. The van der Waals surface area contributed by atoms with E-state index in [-0.39, 0.29) is 5.56 Å². The Kier molecular flexibility index (Phi) is 6.69. The van der Waals surface area contributed by atoms with Gasteiger partial charge in [-0.05, 0) is 99.3 Å². The molecule has 0 saturated heterocycles. The first-order chi connectivity index (χ1) is 22.6. The Hall–Kier alpha value is -5.99. The highest BCUT2D eigenvalue weighted by Gasteiger charge is 2.19. The lowest BCUT2D eigenvalue weighted by atomic mass is 9.94. The number of hydrogen-bond donors (Lipinski definition) is 0. The summed E-state index contributed by atoms with van der Waals surface area (Å²) in [4.78, 5) is 14.1. The maximum atomic E-state index is 14.1. The molecule has 0 atom stereocenters. The van der Waals surface area contributed by atoms with Crippen LogP contribution < -0.4 is 5.56 Å². The van der Waals surface area contributed by atoms with Crippen LogP contribution in [0.2, 0.25) is 0 Å². The van der Waals surface area contributed by atoms with Crippen LogP contribution in [-0.2, 0) is 0 Å². The van der Waals surface area contributed by atoms with Crippen molar-refractivity contribution in [1.82, 2.24) is 4.40 Å². The fourth-order valence-electron chi connectivity index (χ4n) is 6.88. The Balaban J connectivity index is 1.41. The summed E-state index contributed by atoms with van der Waals surface area (Å²) in [6.45, 7) is 5.95. The molecule has 0 aliphatic heterocycles. The van der Waals surface area contributed by atoms with E-state index < -0.39 is 0 Å². The van der Waals surface area contributed by atoms with Crippen molar-refractivity contribution < 1.29 is 0 Å². The molecule has 8 rings (SSSR count). The van der Waals surface area contributed by atoms with Crippen molar-refractivity contribution in [1.29, 1.82) is 0 Å². The second kappa shape index (κ2) is 11.2. The molecular weight excluding hydrogens is 558 g/mol. The van der Waals surface area contributed by atoms with Crippen LogP contribution in [0.4, 0.5) is 0 Å². The number of fused-ring (bicyclic) bond motifs is 5. The molecule has 6 aromatic carbocycles.